The van der Waals surface area contributed by atoms with E-state index in [1.54, 1.807) is 0 Å². The monoisotopic (exact) mass is 235 g/mol. The molecule has 0 atom stereocenters. The van der Waals surface area contributed by atoms with Crippen LogP contribution in [0.2, 0.25) is 0 Å². The van der Waals surface area contributed by atoms with Crippen molar-refractivity contribution in [2.75, 3.05) is 13.7 Å². The molecule has 1 rings (SSSR count). The number of aromatic carboxylic acids is 1. The Labute approximate surface area is 89.8 Å². The molecule has 0 saturated heterocycles. The average molecular weight is 235 g/mol. The standard InChI is InChI=1S/C8H11F2N3O3/c1-16-4-2-3-13-6(7(9)10)5(8(14)15)11-12-13/h7H,2-4H2,1H3,(H,14,15). The van der Waals surface area contributed by atoms with Crippen LogP contribution in [0.3, 0.4) is 0 Å². The van der Waals surface area contributed by atoms with Gasteiger partial charge in [0.2, 0.25) is 0 Å². The first-order valence-electron chi connectivity index (χ1n) is 4.51. The zero-order valence-electron chi connectivity index (χ0n) is 8.56. The maximum absolute atomic E-state index is 12.6. The van der Waals surface area contributed by atoms with Gasteiger partial charge < -0.3 is 9.84 Å². The van der Waals surface area contributed by atoms with Crippen LogP contribution >= 0.6 is 0 Å². The number of hydrogen-bond donors (Lipinski definition) is 1. The van der Waals surface area contributed by atoms with E-state index in [1.165, 1.54) is 7.11 Å². The highest BCUT2D eigenvalue weighted by atomic mass is 19.3. The summed E-state index contributed by atoms with van der Waals surface area (Å²) in [6.45, 7) is 0.527. The molecule has 0 saturated carbocycles. The molecule has 0 bridgehead atoms. The second-order valence-corrected chi connectivity index (χ2v) is 3.00. The predicted molar refractivity (Wildman–Crippen MR) is 48.4 cm³/mol. The van der Waals surface area contributed by atoms with Crippen LogP contribution in [0.1, 0.15) is 29.0 Å². The molecule has 1 aromatic heterocycles. The van der Waals surface area contributed by atoms with E-state index in [1.807, 2.05) is 0 Å². The third kappa shape index (κ3) is 2.72. The summed E-state index contributed by atoms with van der Waals surface area (Å²) in [6, 6.07) is 0. The van der Waals surface area contributed by atoms with Crippen molar-refractivity contribution in [3.8, 4) is 0 Å². The Bertz CT molecular complexity index is 367. The minimum absolute atomic E-state index is 0.147. The zero-order valence-corrected chi connectivity index (χ0v) is 8.56. The van der Waals surface area contributed by atoms with Crippen molar-refractivity contribution in [3.05, 3.63) is 11.4 Å². The first kappa shape index (κ1) is 12.5. The Morgan fingerprint density at radius 2 is 2.31 bits per heavy atom. The normalized spacial score (nSPS) is 11.0. The van der Waals surface area contributed by atoms with E-state index >= 15 is 0 Å². The molecule has 16 heavy (non-hydrogen) atoms. The summed E-state index contributed by atoms with van der Waals surface area (Å²) in [5, 5.41) is 15.2. The SMILES string of the molecule is COCCCn1nnc(C(=O)O)c1C(F)F. The summed E-state index contributed by atoms with van der Waals surface area (Å²) < 4.78 is 30.8. The van der Waals surface area contributed by atoms with Crippen LogP contribution in [0.4, 0.5) is 8.78 Å². The smallest absolute Gasteiger partial charge is 0.358 e. The zero-order chi connectivity index (χ0) is 12.1. The molecule has 90 valence electrons. The Morgan fingerprint density at radius 3 is 2.81 bits per heavy atom. The minimum atomic E-state index is -2.91. The van der Waals surface area contributed by atoms with Crippen LogP contribution in [0.5, 0.6) is 0 Å². The molecule has 0 unspecified atom stereocenters. The topological polar surface area (TPSA) is 77.2 Å². The van der Waals surface area contributed by atoms with E-state index in [0.717, 1.165) is 4.68 Å². The third-order valence-corrected chi connectivity index (χ3v) is 1.90. The van der Waals surface area contributed by atoms with Gasteiger partial charge in [-0.2, -0.15) is 0 Å². The number of carboxylic acid groups (broad SMARTS) is 1. The summed E-state index contributed by atoms with van der Waals surface area (Å²) in [4.78, 5) is 10.6. The molecule has 0 amide bonds. The first-order chi connectivity index (χ1) is 7.57. The van der Waals surface area contributed by atoms with Crippen molar-refractivity contribution in [2.24, 2.45) is 0 Å². The minimum Gasteiger partial charge on any atom is -0.476 e. The highest BCUT2D eigenvalue weighted by molar-refractivity contribution is 5.86. The van der Waals surface area contributed by atoms with Gasteiger partial charge in [0, 0.05) is 20.3 Å². The van der Waals surface area contributed by atoms with E-state index in [4.69, 9.17) is 9.84 Å². The largest absolute Gasteiger partial charge is 0.476 e. The molecule has 6 nitrogen and oxygen atoms in total. The van der Waals surface area contributed by atoms with E-state index in [9.17, 15) is 13.6 Å². The fourth-order valence-electron chi connectivity index (χ4n) is 1.21. The lowest BCUT2D eigenvalue weighted by Gasteiger charge is -2.05. The van der Waals surface area contributed by atoms with Crippen LogP contribution in [0.15, 0.2) is 0 Å². The molecule has 1 aromatic rings. The molecule has 0 radical (unpaired) electrons. The predicted octanol–water partition coefficient (Wildman–Crippen LogP) is 0.950. The van der Waals surface area contributed by atoms with E-state index in [0.29, 0.717) is 13.0 Å². The van der Waals surface area contributed by atoms with Gasteiger partial charge in [-0.15, -0.1) is 5.10 Å². The van der Waals surface area contributed by atoms with Crippen LogP contribution in [0, 0.1) is 0 Å². The molecule has 0 aliphatic heterocycles. The number of carbonyl (C=O) groups is 1. The van der Waals surface area contributed by atoms with Gasteiger partial charge in [-0.3, -0.25) is 0 Å². The van der Waals surface area contributed by atoms with Crippen LogP contribution in [-0.2, 0) is 11.3 Å². The summed E-state index contributed by atoms with van der Waals surface area (Å²) in [5.41, 5.74) is -1.36. The Hall–Kier alpha value is -1.57. The maximum Gasteiger partial charge on any atom is 0.358 e. The number of nitrogens with zero attached hydrogens (tertiary/aromatic N) is 3. The van der Waals surface area contributed by atoms with E-state index in [-0.39, 0.29) is 6.54 Å². The van der Waals surface area contributed by atoms with Crippen LogP contribution < -0.4 is 0 Å². The highest BCUT2D eigenvalue weighted by Gasteiger charge is 2.25. The maximum atomic E-state index is 12.6. The summed E-state index contributed by atoms with van der Waals surface area (Å²) in [7, 11) is 1.48. The number of aromatic nitrogens is 3. The van der Waals surface area contributed by atoms with Crippen molar-refractivity contribution < 1.29 is 23.4 Å². The number of ether oxygens (including phenoxy) is 1. The van der Waals surface area contributed by atoms with Gasteiger partial charge >= 0.3 is 5.97 Å². The fourth-order valence-corrected chi connectivity index (χ4v) is 1.21. The molecule has 0 aromatic carbocycles. The van der Waals surface area contributed by atoms with Gasteiger partial charge in [-0.25, -0.2) is 18.3 Å². The molecule has 1 N–H and O–H groups in total. The molecule has 0 fully saturated rings. The van der Waals surface area contributed by atoms with Crippen LogP contribution in [0.25, 0.3) is 0 Å². The molecule has 0 aliphatic rings. The molecule has 0 aliphatic carbocycles. The van der Waals surface area contributed by atoms with E-state index < -0.39 is 23.8 Å². The lowest BCUT2D eigenvalue weighted by Crippen LogP contribution is -2.10. The van der Waals surface area contributed by atoms with Gasteiger partial charge in [-0.1, -0.05) is 5.21 Å². The summed E-state index contributed by atoms with van der Waals surface area (Å²) in [6.07, 6.45) is -2.46. The lowest BCUT2D eigenvalue weighted by molar-refractivity contribution is 0.0675. The van der Waals surface area contributed by atoms with Gasteiger partial charge in [0.1, 0.15) is 5.69 Å². The van der Waals surface area contributed by atoms with Gasteiger partial charge in [0.05, 0.1) is 0 Å². The Morgan fingerprint density at radius 1 is 1.62 bits per heavy atom. The first-order valence-corrected chi connectivity index (χ1v) is 4.51. The number of aryl methyl sites for hydroxylation is 1. The van der Waals surface area contributed by atoms with Crippen molar-refractivity contribution >= 4 is 5.97 Å². The molecule has 1 heterocycles. The number of hydrogen-bond acceptors (Lipinski definition) is 4. The van der Waals surface area contributed by atoms with Gasteiger partial charge in [0.15, 0.2) is 5.69 Å². The fraction of sp³-hybridized carbons (Fsp3) is 0.625. The number of carboxylic acids is 1. The summed E-state index contributed by atoms with van der Waals surface area (Å²) >= 11 is 0. The number of rotatable bonds is 6. The van der Waals surface area contributed by atoms with Crippen LogP contribution in [-0.4, -0.2) is 39.8 Å². The van der Waals surface area contributed by atoms with Gasteiger partial charge in [0.25, 0.3) is 6.43 Å². The molecule has 0 spiro atoms. The van der Waals surface area contributed by atoms with Crippen molar-refractivity contribution in [1.82, 2.24) is 15.0 Å². The summed E-state index contributed by atoms with van der Waals surface area (Å²) in [5.74, 6) is -1.51. The van der Waals surface area contributed by atoms with Gasteiger partial charge in [-0.05, 0) is 6.42 Å². The Balaban J connectivity index is 2.87. The second-order valence-electron chi connectivity index (χ2n) is 3.00. The number of alkyl halides is 2. The second kappa shape index (κ2) is 5.50. The quantitative estimate of drug-likeness (QED) is 0.743. The van der Waals surface area contributed by atoms with Crippen molar-refractivity contribution in [1.29, 1.82) is 0 Å². The van der Waals surface area contributed by atoms with Crippen molar-refractivity contribution in [2.45, 2.75) is 19.4 Å². The number of methoxy groups -OCH3 is 1. The lowest BCUT2D eigenvalue weighted by atomic mass is 10.3. The average Bonchev–Trinajstić information content (AvgIpc) is 2.62. The number of halogens is 2. The Kier molecular flexibility index (Phi) is 4.29. The molecular weight excluding hydrogens is 224 g/mol. The van der Waals surface area contributed by atoms with Crippen molar-refractivity contribution in [3.63, 3.8) is 0 Å². The third-order valence-electron chi connectivity index (χ3n) is 1.90. The molecular formula is C8H11F2N3O3. The van der Waals surface area contributed by atoms with E-state index in [2.05, 4.69) is 10.3 Å². The highest BCUT2D eigenvalue weighted by Crippen LogP contribution is 2.21. The molecule has 8 heteroatoms.